The number of carbonyl (C=O) groups excluding carboxylic acids is 2. The second kappa shape index (κ2) is 9.17. The Kier molecular flexibility index (Phi) is 6.05. The van der Waals surface area contributed by atoms with E-state index in [2.05, 4.69) is 15.0 Å². The van der Waals surface area contributed by atoms with Crippen LogP contribution < -0.4 is 0 Å². The molecule has 0 N–H and O–H groups in total. The van der Waals surface area contributed by atoms with Gasteiger partial charge < -0.3 is 4.90 Å². The van der Waals surface area contributed by atoms with Gasteiger partial charge in [0.25, 0.3) is 15.9 Å². The van der Waals surface area contributed by atoms with Crippen molar-refractivity contribution in [1.82, 2.24) is 28.7 Å². The highest BCUT2D eigenvalue weighted by atomic mass is 35.5. The predicted octanol–water partition coefficient (Wildman–Crippen LogP) is 2.33. The number of pyridine rings is 1. The number of nitrogens with zero attached hydrogens (tertiary/aromatic N) is 6. The first-order valence-corrected chi connectivity index (χ1v) is 12.5. The van der Waals surface area contributed by atoms with E-state index in [0.717, 1.165) is 15.7 Å². The molecule has 0 spiro atoms. The van der Waals surface area contributed by atoms with Crippen molar-refractivity contribution in [3.8, 4) is 11.1 Å². The van der Waals surface area contributed by atoms with E-state index in [0.29, 0.717) is 22.3 Å². The van der Waals surface area contributed by atoms with Gasteiger partial charge in [0.15, 0.2) is 5.03 Å². The summed E-state index contributed by atoms with van der Waals surface area (Å²) in [6.45, 7) is 0.482. The van der Waals surface area contributed by atoms with Crippen LogP contribution in [0.15, 0.2) is 66.2 Å². The van der Waals surface area contributed by atoms with Gasteiger partial charge in [0, 0.05) is 66.9 Å². The highest BCUT2D eigenvalue weighted by Crippen LogP contribution is 2.27. The lowest BCUT2D eigenvalue weighted by atomic mass is 10.1. The van der Waals surface area contributed by atoms with Crippen LogP contribution >= 0.6 is 11.6 Å². The zero-order valence-corrected chi connectivity index (χ0v) is 19.9. The van der Waals surface area contributed by atoms with E-state index in [1.807, 2.05) is 12.1 Å². The van der Waals surface area contributed by atoms with Gasteiger partial charge in [0.1, 0.15) is 0 Å². The number of aromatic nitrogens is 4. The Bertz CT molecular complexity index is 1520. The Labute approximate surface area is 205 Å². The van der Waals surface area contributed by atoms with Gasteiger partial charge in [-0.1, -0.05) is 11.6 Å². The van der Waals surface area contributed by atoms with E-state index in [9.17, 15) is 18.0 Å². The van der Waals surface area contributed by atoms with E-state index in [1.165, 1.54) is 15.3 Å². The van der Waals surface area contributed by atoms with Gasteiger partial charge >= 0.3 is 0 Å². The monoisotopic (exact) mass is 510 g/mol. The van der Waals surface area contributed by atoms with Crippen molar-refractivity contribution >= 4 is 44.8 Å². The van der Waals surface area contributed by atoms with Crippen molar-refractivity contribution in [3.63, 3.8) is 0 Å². The summed E-state index contributed by atoms with van der Waals surface area (Å²) >= 11 is 6.01. The van der Waals surface area contributed by atoms with Crippen LogP contribution in [0, 0.1) is 0 Å². The van der Waals surface area contributed by atoms with Crippen molar-refractivity contribution in [1.29, 1.82) is 0 Å². The van der Waals surface area contributed by atoms with E-state index >= 15 is 0 Å². The number of piperazine rings is 1. The fourth-order valence-electron chi connectivity index (χ4n) is 4.03. The number of hydrogen-bond acceptors (Lipinski definition) is 7. The molecule has 1 aliphatic rings. The number of rotatable bonds is 5. The fraction of sp³-hybridized carbons (Fsp3) is 0.174. The molecular formula is C23H19ClN6O4S. The van der Waals surface area contributed by atoms with Gasteiger partial charge in [-0.3, -0.25) is 19.1 Å². The number of benzene rings is 1. The molecular weight excluding hydrogens is 492 g/mol. The molecule has 12 heteroatoms. The zero-order chi connectivity index (χ0) is 24.6. The maximum absolute atomic E-state index is 13.3. The molecule has 0 atom stereocenters. The molecule has 10 nitrogen and oxygen atoms in total. The van der Waals surface area contributed by atoms with Crippen LogP contribution in [0.25, 0.3) is 22.0 Å². The van der Waals surface area contributed by atoms with Crippen LogP contribution in [0.4, 0.5) is 0 Å². The zero-order valence-electron chi connectivity index (χ0n) is 18.3. The lowest BCUT2D eigenvalue weighted by Gasteiger charge is -2.33. The van der Waals surface area contributed by atoms with E-state index < -0.39 is 10.0 Å². The van der Waals surface area contributed by atoms with Crippen molar-refractivity contribution in [3.05, 3.63) is 72.0 Å². The highest BCUT2D eigenvalue weighted by Gasteiger charge is 2.33. The predicted molar refractivity (Wildman–Crippen MR) is 129 cm³/mol. The number of sulfonamides is 1. The number of fused-ring (bicyclic) bond motifs is 1. The van der Waals surface area contributed by atoms with Crippen LogP contribution in [-0.4, -0.2) is 75.6 Å². The maximum Gasteiger partial charge on any atom is 0.291 e. The van der Waals surface area contributed by atoms with Crippen molar-refractivity contribution in [2.24, 2.45) is 0 Å². The molecule has 0 unspecified atom stereocenters. The van der Waals surface area contributed by atoms with Crippen LogP contribution in [0.5, 0.6) is 0 Å². The Morgan fingerprint density at radius 3 is 2.29 bits per heavy atom. The molecule has 1 aromatic carbocycles. The summed E-state index contributed by atoms with van der Waals surface area (Å²) < 4.78 is 29.0. The molecule has 0 bridgehead atoms. The minimum absolute atomic E-state index is 0.0390. The summed E-state index contributed by atoms with van der Waals surface area (Å²) in [5.41, 5.74) is 2.09. The standard InChI is InChI=1S/C23H19ClN6O4S/c24-19-1-2-20-17(11-19)12-21(30(20)15-31)35(33,34)29-9-7-28(8-10-29)23(32)22-26-13-18(14-27-22)16-3-5-25-6-4-16/h1-6,11-15H,7-10H2. The second-order valence-corrected chi connectivity index (χ2v) is 10.2. The third-order valence-corrected chi connectivity index (χ3v) is 7.98. The molecule has 1 aliphatic heterocycles. The molecule has 1 fully saturated rings. The summed E-state index contributed by atoms with van der Waals surface area (Å²) in [6, 6.07) is 9.86. The molecule has 1 amide bonds. The van der Waals surface area contributed by atoms with Crippen molar-refractivity contribution < 1.29 is 18.0 Å². The Morgan fingerprint density at radius 1 is 0.943 bits per heavy atom. The first-order chi connectivity index (χ1) is 16.9. The van der Waals surface area contributed by atoms with Gasteiger partial charge in [-0.05, 0) is 42.0 Å². The minimum atomic E-state index is -3.98. The molecule has 0 aliphatic carbocycles. The molecule has 1 saturated heterocycles. The van der Waals surface area contributed by atoms with Crippen LogP contribution in [-0.2, 0) is 14.8 Å². The summed E-state index contributed by atoms with van der Waals surface area (Å²) in [7, 11) is -3.98. The second-order valence-electron chi connectivity index (χ2n) is 7.89. The molecule has 4 aromatic rings. The largest absolute Gasteiger partial charge is 0.333 e. The first kappa shape index (κ1) is 23.1. The number of hydrogen-bond donors (Lipinski definition) is 0. The van der Waals surface area contributed by atoms with E-state index in [4.69, 9.17) is 11.6 Å². The normalized spacial score (nSPS) is 14.8. The Balaban J connectivity index is 1.31. The fourth-order valence-corrected chi connectivity index (χ4v) is 5.78. The van der Waals surface area contributed by atoms with Crippen molar-refractivity contribution in [2.45, 2.75) is 5.03 Å². The van der Waals surface area contributed by atoms with E-state index in [-0.39, 0.29) is 42.9 Å². The first-order valence-electron chi connectivity index (χ1n) is 10.7. The lowest BCUT2D eigenvalue weighted by molar-refractivity contribution is 0.0685. The smallest absolute Gasteiger partial charge is 0.291 e. The average molecular weight is 511 g/mol. The average Bonchev–Trinajstić information content (AvgIpc) is 3.27. The quantitative estimate of drug-likeness (QED) is 0.378. The minimum Gasteiger partial charge on any atom is -0.333 e. The van der Waals surface area contributed by atoms with Gasteiger partial charge in [-0.25, -0.2) is 18.4 Å². The summed E-state index contributed by atoms with van der Waals surface area (Å²) in [6.07, 6.45) is 6.93. The lowest BCUT2D eigenvalue weighted by Crippen LogP contribution is -2.51. The molecule has 0 radical (unpaired) electrons. The topological polar surface area (TPSA) is 118 Å². The SMILES string of the molecule is O=Cn1c(S(=O)(=O)N2CCN(C(=O)c3ncc(-c4ccncc4)cn3)CC2)cc2cc(Cl)ccc21. The van der Waals surface area contributed by atoms with Crippen molar-refractivity contribution in [2.75, 3.05) is 26.2 Å². The van der Waals surface area contributed by atoms with Gasteiger partial charge in [0.05, 0.1) is 5.52 Å². The van der Waals surface area contributed by atoms with Gasteiger partial charge in [-0.15, -0.1) is 0 Å². The van der Waals surface area contributed by atoms with Gasteiger partial charge in [-0.2, -0.15) is 4.31 Å². The molecule has 178 valence electrons. The number of amides is 1. The summed E-state index contributed by atoms with van der Waals surface area (Å²) in [5.74, 6) is -0.336. The molecule has 3 aromatic heterocycles. The molecule has 4 heterocycles. The molecule has 0 saturated carbocycles. The summed E-state index contributed by atoms with van der Waals surface area (Å²) in [4.78, 5) is 38.5. The van der Waals surface area contributed by atoms with Crippen LogP contribution in [0.2, 0.25) is 5.02 Å². The number of carbonyl (C=O) groups is 2. The highest BCUT2D eigenvalue weighted by molar-refractivity contribution is 7.89. The third-order valence-electron chi connectivity index (χ3n) is 5.86. The maximum atomic E-state index is 13.3. The van der Waals surface area contributed by atoms with Crippen LogP contribution in [0.3, 0.4) is 0 Å². The molecule has 35 heavy (non-hydrogen) atoms. The van der Waals surface area contributed by atoms with Gasteiger partial charge in [0.2, 0.25) is 12.2 Å². The summed E-state index contributed by atoms with van der Waals surface area (Å²) in [5, 5.41) is 0.844. The molecule has 5 rings (SSSR count). The van der Waals surface area contributed by atoms with E-state index in [1.54, 1.807) is 43.0 Å². The number of halogens is 1. The third kappa shape index (κ3) is 4.29. The Hall–Kier alpha value is -3.67. The Morgan fingerprint density at radius 2 is 1.63 bits per heavy atom. The van der Waals surface area contributed by atoms with Crippen LogP contribution in [0.1, 0.15) is 10.6 Å².